The molecule has 94 valence electrons. The van der Waals surface area contributed by atoms with E-state index in [1.54, 1.807) is 4.90 Å². The summed E-state index contributed by atoms with van der Waals surface area (Å²) in [7, 11) is 1.86. The first-order chi connectivity index (χ1) is 7.54. The molecule has 0 saturated heterocycles. The summed E-state index contributed by atoms with van der Waals surface area (Å²) < 4.78 is 0. The standard InChI is InChI=1S/C13H26N2O/c1-5-15(4)13(16)11(3)14-10(2)9-12-7-6-8-12/h10-12,14H,5-9H2,1-4H3. The van der Waals surface area contributed by atoms with Crippen molar-refractivity contribution in [2.24, 2.45) is 5.92 Å². The van der Waals surface area contributed by atoms with Crippen molar-refractivity contribution in [3.8, 4) is 0 Å². The Hall–Kier alpha value is -0.570. The Labute approximate surface area is 99.6 Å². The highest BCUT2D eigenvalue weighted by Gasteiger charge is 2.23. The van der Waals surface area contributed by atoms with Crippen LogP contribution in [0.1, 0.15) is 46.5 Å². The number of carbonyl (C=O) groups is 1. The number of hydrogen-bond donors (Lipinski definition) is 1. The highest BCUT2D eigenvalue weighted by molar-refractivity contribution is 5.81. The zero-order valence-electron chi connectivity index (χ0n) is 11.1. The molecule has 1 fully saturated rings. The summed E-state index contributed by atoms with van der Waals surface area (Å²) in [6.07, 6.45) is 5.37. The quantitative estimate of drug-likeness (QED) is 0.751. The van der Waals surface area contributed by atoms with Crippen molar-refractivity contribution < 1.29 is 4.79 Å². The lowest BCUT2D eigenvalue weighted by Crippen LogP contribution is -2.47. The number of hydrogen-bond acceptors (Lipinski definition) is 2. The van der Waals surface area contributed by atoms with E-state index in [0.717, 1.165) is 12.5 Å². The number of rotatable bonds is 6. The van der Waals surface area contributed by atoms with Crippen LogP contribution in [0.15, 0.2) is 0 Å². The van der Waals surface area contributed by atoms with E-state index in [4.69, 9.17) is 0 Å². The van der Waals surface area contributed by atoms with E-state index >= 15 is 0 Å². The fourth-order valence-corrected chi connectivity index (χ4v) is 2.28. The minimum absolute atomic E-state index is 0.0555. The van der Waals surface area contributed by atoms with Crippen LogP contribution in [0.3, 0.4) is 0 Å². The van der Waals surface area contributed by atoms with Crippen LogP contribution in [0.5, 0.6) is 0 Å². The van der Waals surface area contributed by atoms with Gasteiger partial charge in [0, 0.05) is 19.6 Å². The van der Waals surface area contributed by atoms with Crippen molar-refractivity contribution in [3.05, 3.63) is 0 Å². The number of nitrogens with one attached hydrogen (secondary N) is 1. The summed E-state index contributed by atoms with van der Waals surface area (Å²) in [6.45, 7) is 6.93. The van der Waals surface area contributed by atoms with Gasteiger partial charge in [0.1, 0.15) is 0 Å². The normalized spacial score (nSPS) is 20.0. The van der Waals surface area contributed by atoms with Gasteiger partial charge in [0.15, 0.2) is 0 Å². The Morgan fingerprint density at radius 3 is 2.50 bits per heavy atom. The molecule has 0 aromatic carbocycles. The van der Waals surface area contributed by atoms with Gasteiger partial charge < -0.3 is 10.2 Å². The highest BCUT2D eigenvalue weighted by Crippen LogP contribution is 2.30. The zero-order valence-corrected chi connectivity index (χ0v) is 11.1. The monoisotopic (exact) mass is 226 g/mol. The summed E-state index contributed by atoms with van der Waals surface area (Å²) >= 11 is 0. The molecule has 0 bridgehead atoms. The Kier molecular flexibility index (Phi) is 5.26. The van der Waals surface area contributed by atoms with Crippen molar-refractivity contribution in [2.75, 3.05) is 13.6 Å². The van der Waals surface area contributed by atoms with E-state index in [2.05, 4.69) is 12.2 Å². The molecule has 2 atom stereocenters. The molecule has 1 rings (SSSR count). The molecular weight excluding hydrogens is 200 g/mol. The van der Waals surface area contributed by atoms with Gasteiger partial charge >= 0.3 is 0 Å². The van der Waals surface area contributed by atoms with E-state index in [1.807, 2.05) is 20.9 Å². The number of amides is 1. The number of likely N-dealkylation sites (N-methyl/N-ethyl adjacent to an activating group) is 1. The van der Waals surface area contributed by atoms with Crippen molar-refractivity contribution >= 4 is 5.91 Å². The van der Waals surface area contributed by atoms with Gasteiger partial charge in [0.05, 0.1) is 6.04 Å². The van der Waals surface area contributed by atoms with E-state index in [1.165, 1.54) is 25.7 Å². The summed E-state index contributed by atoms with van der Waals surface area (Å²) in [4.78, 5) is 13.6. The van der Waals surface area contributed by atoms with Crippen LogP contribution in [-0.4, -0.2) is 36.5 Å². The molecule has 0 aromatic heterocycles. The largest absolute Gasteiger partial charge is 0.345 e. The van der Waals surface area contributed by atoms with Gasteiger partial charge in [-0.3, -0.25) is 4.79 Å². The molecule has 3 heteroatoms. The highest BCUT2D eigenvalue weighted by atomic mass is 16.2. The van der Waals surface area contributed by atoms with Gasteiger partial charge in [0.25, 0.3) is 0 Å². The first-order valence-corrected chi connectivity index (χ1v) is 6.55. The third-order valence-electron chi connectivity index (χ3n) is 3.67. The van der Waals surface area contributed by atoms with Crippen LogP contribution < -0.4 is 5.32 Å². The molecule has 0 aliphatic heterocycles. The van der Waals surface area contributed by atoms with Crippen LogP contribution in [0.4, 0.5) is 0 Å². The first-order valence-electron chi connectivity index (χ1n) is 6.55. The molecule has 1 saturated carbocycles. The van der Waals surface area contributed by atoms with Gasteiger partial charge in [-0.25, -0.2) is 0 Å². The first kappa shape index (κ1) is 13.5. The molecule has 1 aliphatic rings. The summed E-state index contributed by atoms with van der Waals surface area (Å²) in [5, 5.41) is 3.40. The Morgan fingerprint density at radius 1 is 1.44 bits per heavy atom. The fourth-order valence-electron chi connectivity index (χ4n) is 2.28. The molecule has 0 spiro atoms. The van der Waals surface area contributed by atoms with Crippen molar-refractivity contribution in [3.63, 3.8) is 0 Å². The second-order valence-corrected chi connectivity index (χ2v) is 5.17. The van der Waals surface area contributed by atoms with Gasteiger partial charge in [-0.1, -0.05) is 19.3 Å². The average molecular weight is 226 g/mol. The van der Waals surface area contributed by atoms with Gasteiger partial charge in [-0.15, -0.1) is 0 Å². The van der Waals surface area contributed by atoms with Crippen molar-refractivity contribution in [1.29, 1.82) is 0 Å². The van der Waals surface area contributed by atoms with Gasteiger partial charge in [-0.05, 0) is 33.1 Å². The lowest BCUT2D eigenvalue weighted by molar-refractivity contribution is -0.131. The Bertz CT molecular complexity index is 226. The minimum Gasteiger partial charge on any atom is -0.345 e. The molecule has 3 nitrogen and oxygen atoms in total. The number of carbonyl (C=O) groups excluding carboxylic acids is 1. The van der Waals surface area contributed by atoms with Crippen LogP contribution >= 0.6 is 0 Å². The van der Waals surface area contributed by atoms with Crippen LogP contribution in [-0.2, 0) is 4.79 Å². The molecule has 0 radical (unpaired) electrons. The lowest BCUT2D eigenvalue weighted by Gasteiger charge is -2.30. The van der Waals surface area contributed by atoms with Crippen LogP contribution in [0, 0.1) is 5.92 Å². The topological polar surface area (TPSA) is 32.3 Å². The molecule has 0 aromatic rings. The molecule has 1 aliphatic carbocycles. The van der Waals surface area contributed by atoms with E-state index < -0.39 is 0 Å². The Balaban J connectivity index is 2.25. The third kappa shape index (κ3) is 3.78. The molecule has 1 N–H and O–H groups in total. The number of nitrogens with zero attached hydrogens (tertiary/aromatic N) is 1. The third-order valence-corrected chi connectivity index (χ3v) is 3.67. The minimum atomic E-state index is -0.0555. The second kappa shape index (κ2) is 6.24. The summed E-state index contributed by atoms with van der Waals surface area (Å²) in [5.41, 5.74) is 0. The molecular formula is C13H26N2O. The van der Waals surface area contributed by atoms with E-state index in [9.17, 15) is 4.79 Å². The predicted octanol–water partition coefficient (Wildman–Crippen LogP) is 2.02. The van der Waals surface area contributed by atoms with Crippen LogP contribution in [0.25, 0.3) is 0 Å². The lowest BCUT2D eigenvalue weighted by atomic mass is 9.81. The van der Waals surface area contributed by atoms with Crippen molar-refractivity contribution in [2.45, 2.75) is 58.5 Å². The summed E-state index contributed by atoms with van der Waals surface area (Å²) in [5.74, 6) is 1.09. The molecule has 16 heavy (non-hydrogen) atoms. The predicted molar refractivity (Wildman–Crippen MR) is 67.3 cm³/mol. The maximum Gasteiger partial charge on any atom is 0.239 e. The van der Waals surface area contributed by atoms with Gasteiger partial charge in [-0.2, -0.15) is 0 Å². The zero-order chi connectivity index (χ0) is 12.1. The molecule has 0 heterocycles. The van der Waals surface area contributed by atoms with Gasteiger partial charge in [0.2, 0.25) is 5.91 Å². The average Bonchev–Trinajstić information content (AvgIpc) is 2.21. The van der Waals surface area contributed by atoms with Crippen LogP contribution in [0.2, 0.25) is 0 Å². The smallest absolute Gasteiger partial charge is 0.239 e. The second-order valence-electron chi connectivity index (χ2n) is 5.17. The summed E-state index contributed by atoms with van der Waals surface area (Å²) in [6, 6.07) is 0.398. The Morgan fingerprint density at radius 2 is 2.06 bits per heavy atom. The maximum atomic E-state index is 11.8. The van der Waals surface area contributed by atoms with Crippen molar-refractivity contribution in [1.82, 2.24) is 10.2 Å². The van der Waals surface area contributed by atoms with E-state index in [0.29, 0.717) is 6.04 Å². The maximum absolute atomic E-state index is 11.8. The molecule has 2 unspecified atom stereocenters. The fraction of sp³-hybridized carbons (Fsp3) is 0.923. The molecule has 1 amide bonds. The SMILES string of the molecule is CCN(C)C(=O)C(C)NC(C)CC1CCC1. The van der Waals surface area contributed by atoms with E-state index in [-0.39, 0.29) is 11.9 Å².